The van der Waals surface area contributed by atoms with Gasteiger partial charge in [0.1, 0.15) is 11.6 Å². The maximum Gasteiger partial charge on any atom is 0.230 e. The number of piperidine rings is 1. The number of carbonyl (C=O) groups is 1. The molecule has 0 bridgehead atoms. The van der Waals surface area contributed by atoms with E-state index < -0.39 is 17.5 Å². The Labute approximate surface area is 136 Å². The fourth-order valence-electron chi connectivity index (χ4n) is 2.65. The van der Waals surface area contributed by atoms with Crippen LogP contribution in [-0.2, 0) is 11.2 Å². The first-order valence-electron chi connectivity index (χ1n) is 7.52. The highest BCUT2D eigenvalue weighted by atomic mass is 32.1. The van der Waals surface area contributed by atoms with E-state index in [1.54, 1.807) is 6.20 Å². The monoisotopic (exact) mass is 337 g/mol. The number of benzene rings is 1. The molecule has 1 aliphatic heterocycles. The molecule has 0 saturated carbocycles. The molecule has 23 heavy (non-hydrogen) atoms. The number of halogens is 2. The Morgan fingerprint density at radius 3 is 2.91 bits per heavy atom. The van der Waals surface area contributed by atoms with Crippen molar-refractivity contribution >= 4 is 22.4 Å². The number of nitrogens with one attached hydrogen (secondary N) is 2. The van der Waals surface area contributed by atoms with Gasteiger partial charge in [-0.05, 0) is 50.0 Å². The average Bonchev–Trinajstić information content (AvgIpc) is 3.00. The molecule has 1 amide bonds. The van der Waals surface area contributed by atoms with Crippen molar-refractivity contribution in [1.82, 2.24) is 10.3 Å². The van der Waals surface area contributed by atoms with Gasteiger partial charge in [-0.2, -0.15) is 0 Å². The van der Waals surface area contributed by atoms with Crippen LogP contribution in [0.3, 0.4) is 0 Å². The smallest absolute Gasteiger partial charge is 0.230 e. The number of nitrogens with zero attached hydrogens (tertiary/aromatic N) is 1. The van der Waals surface area contributed by atoms with Gasteiger partial charge in [0, 0.05) is 16.6 Å². The molecule has 0 spiro atoms. The minimum atomic E-state index is -0.587. The molecule has 0 atom stereocenters. The Morgan fingerprint density at radius 2 is 2.13 bits per heavy atom. The molecule has 3 rings (SSSR count). The molecule has 1 fully saturated rings. The zero-order valence-electron chi connectivity index (χ0n) is 12.4. The Hall–Kier alpha value is -1.86. The fraction of sp³-hybridized carbons (Fsp3) is 0.375. The predicted octanol–water partition coefficient (Wildman–Crippen LogP) is 3.07. The summed E-state index contributed by atoms with van der Waals surface area (Å²) >= 11 is 1.45. The molecule has 2 N–H and O–H groups in total. The summed E-state index contributed by atoms with van der Waals surface area (Å²) in [6.07, 6.45) is 3.69. The van der Waals surface area contributed by atoms with E-state index in [2.05, 4.69) is 15.6 Å². The standard InChI is InChI=1S/C16H17F2N3OS/c17-12-1-2-13(18)11(7-12)8-15(22)21-16-20-9-14(23-16)10-3-5-19-6-4-10/h1-2,7,9-10,19H,3-6,8H2,(H,20,21,22). The maximum absolute atomic E-state index is 13.6. The maximum atomic E-state index is 13.6. The second-order valence-electron chi connectivity index (χ2n) is 5.55. The zero-order chi connectivity index (χ0) is 16.2. The molecule has 0 aliphatic carbocycles. The van der Waals surface area contributed by atoms with Gasteiger partial charge in [-0.15, -0.1) is 11.3 Å². The van der Waals surface area contributed by atoms with Crippen LogP contribution in [-0.4, -0.2) is 24.0 Å². The second-order valence-corrected chi connectivity index (χ2v) is 6.61. The number of amides is 1. The van der Waals surface area contributed by atoms with Crippen LogP contribution in [0.4, 0.5) is 13.9 Å². The summed E-state index contributed by atoms with van der Waals surface area (Å²) in [6.45, 7) is 1.98. The number of rotatable bonds is 4. The highest BCUT2D eigenvalue weighted by Gasteiger charge is 2.18. The lowest BCUT2D eigenvalue weighted by atomic mass is 9.97. The Balaban J connectivity index is 1.61. The van der Waals surface area contributed by atoms with E-state index >= 15 is 0 Å². The summed E-state index contributed by atoms with van der Waals surface area (Å²) in [7, 11) is 0. The molecule has 4 nitrogen and oxygen atoms in total. The van der Waals surface area contributed by atoms with Crippen molar-refractivity contribution < 1.29 is 13.6 Å². The van der Waals surface area contributed by atoms with Gasteiger partial charge in [0.2, 0.25) is 5.91 Å². The van der Waals surface area contributed by atoms with E-state index in [1.807, 2.05) is 0 Å². The van der Waals surface area contributed by atoms with Gasteiger partial charge in [0.15, 0.2) is 5.13 Å². The Kier molecular flexibility index (Phi) is 4.97. The van der Waals surface area contributed by atoms with Crippen LogP contribution in [0.25, 0.3) is 0 Å². The van der Waals surface area contributed by atoms with Crippen LogP contribution >= 0.6 is 11.3 Å². The molecule has 2 heterocycles. The van der Waals surface area contributed by atoms with Crippen molar-refractivity contribution in [3.63, 3.8) is 0 Å². The first-order valence-corrected chi connectivity index (χ1v) is 8.33. The Morgan fingerprint density at radius 1 is 1.35 bits per heavy atom. The van der Waals surface area contributed by atoms with E-state index in [4.69, 9.17) is 0 Å². The van der Waals surface area contributed by atoms with E-state index in [1.165, 1.54) is 11.3 Å². The molecular formula is C16H17F2N3OS. The number of carbonyl (C=O) groups excluding carboxylic acids is 1. The van der Waals surface area contributed by atoms with Gasteiger partial charge in [0.25, 0.3) is 0 Å². The summed E-state index contributed by atoms with van der Waals surface area (Å²) in [4.78, 5) is 17.4. The number of hydrogen-bond acceptors (Lipinski definition) is 4. The third-order valence-corrected chi connectivity index (χ3v) is 4.95. The lowest BCUT2D eigenvalue weighted by Crippen LogP contribution is -2.26. The van der Waals surface area contributed by atoms with E-state index in [-0.39, 0.29) is 12.0 Å². The molecule has 1 saturated heterocycles. The zero-order valence-corrected chi connectivity index (χ0v) is 13.3. The lowest BCUT2D eigenvalue weighted by Gasteiger charge is -2.20. The average molecular weight is 337 g/mol. The van der Waals surface area contributed by atoms with Crippen molar-refractivity contribution in [1.29, 1.82) is 0 Å². The van der Waals surface area contributed by atoms with E-state index in [0.29, 0.717) is 11.0 Å². The third kappa shape index (κ3) is 4.11. The second kappa shape index (κ2) is 7.14. The molecule has 1 aromatic carbocycles. The topological polar surface area (TPSA) is 54.0 Å². The van der Waals surface area contributed by atoms with Crippen LogP contribution in [0, 0.1) is 11.6 Å². The number of aromatic nitrogens is 1. The molecule has 2 aromatic rings. The van der Waals surface area contributed by atoms with Crippen LogP contribution in [0.1, 0.15) is 29.2 Å². The van der Waals surface area contributed by atoms with E-state index in [9.17, 15) is 13.6 Å². The minimum absolute atomic E-state index is 0.0395. The summed E-state index contributed by atoms with van der Waals surface area (Å²) in [6, 6.07) is 3.09. The quantitative estimate of drug-likeness (QED) is 0.901. The van der Waals surface area contributed by atoms with Crippen molar-refractivity contribution in [3.05, 3.63) is 46.5 Å². The highest BCUT2D eigenvalue weighted by Crippen LogP contribution is 2.31. The fourth-order valence-corrected chi connectivity index (χ4v) is 3.66. The molecule has 1 aromatic heterocycles. The Bertz CT molecular complexity index is 698. The van der Waals surface area contributed by atoms with Gasteiger partial charge in [0.05, 0.1) is 6.42 Å². The normalized spacial score (nSPS) is 15.6. The summed E-state index contributed by atoms with van der Waals surface area (Å²) in [5.74, 6) is -1.08. The van der Waals surface area contributed by atoms with Crippen molar-refractivity contribution in [2.75, 3.05) is 18.4 Å². The van der Waals surface area contributed by atoms with Gasteiger partial charge in [-0.3, -0.25) is 4.79 Å². The molecule has 0 unspecified atom stereocenters. The number of thiazole rings is 1. The summed E-state index contributed by atoms with van der Waals surface area (Å²) < 4.78 is 26.7. The van der Waals surface area contributed by atoms with Crippen LogP contribution in [0.15, 0.2) is 24.4 Å². The van der Waals surface area contributed by atoms with Gasteiger partial charge in [-0.1, -0.05) is 0 Å². The highest BCUT2D eigenvalue weighted by molar-refractivity contribution is 7.15. The largest absolute Gasteiger partial charge is 0.317 e. The van der Waals surface area contributed by atoms with Crippen molar-refractivity contribution in [3.8, 4) is 0 Å². The van der Waals surface area contributed by atoms with Crippen LogP contribution < -0.4 is 10.6 Å². The van der Waals surface area contributed by atoms with Crippen LogP contribution in [0.2, 0.25) is 0 Å². The molecule has 122 valence electrons. The van der Waals surface area contributed by atoms with Crippen LogP contribution in [0.5, 0.6) is 0 Å². The van der Waals surface area contributed by atoms with Gasteiger partial charge >= 0.3 is 0 Å². The van der Waals surface area contributed by atoms with Gasteiger partial charge < -0.3 is 10.6 Å². The molecular weight excluding hydrogens is 320 g/mol. The van der Waals surface area contributed by atoms with Crippen molar-refractivity contribution in [2.24, 2.45) is 0 Å². The molecule has 1 aliphatic rings. The molecule has 7 heteroatoms. The first-order chi connectivity index (χ1) is 11.1. The number of anilines is 1. The lowest BCUT2D eigenvalue weighted by molar-refractivity contribution is -0.115. The SMILES string of the molecule is O=C(Cc1cc(F)ccc1F)Nc1ncc(C2CCNCC2)s1. The number of hydrogen-bond donors (Lipinski definition) is 2. The molecule has 0 radical (unpaired) electrons. The van der Waals surface area contributed by atoms with Crippen molar-refractivity contribution in [2.45, 2.75) is 25.2 Å². The van der Waals surface area contributed by atoms with E-state index in [0.717, 1.165) is 49.0 Å². The summed E-state index contributed by atoms with van der Waals surface area (Å²) in [5, 5.41) is 6.47. The first kappa shape index (κ1) is 16.0. The predicted molar refractivity (Wildman–Crippen MR) is 85.7 cm³/mol. The third-order valence-electron chi connectivity index (χ3n) is 3.87. The van der Waals surface area contributed by atoms with Gasteiger partial charge in [-0.25, -0.2) is 13.8 Å². The minimum Gasteiger partial charge on any atom is -0.317 e. The summed E-state index contributed by atoms with van der Waals surface area (Å²) in [5.41, 5.74) is 0.0395.